The third-order valence-electron chi connectivity index (χ3n) is 3.76. The van der Waals surface area contributed by atoms with E-state index in [0.717, 1.165) is 19.3 Å². The van der Waals surface area contributed by atoms with Crippen molar-refractivity contribution in [2.24, 2.45) is 5.92 Å². The maximum atomic E-state index is 10.8. The molecule has 18 heavy (non-hydrogen) atoms. The molecule has 2 rings (SSSR count). The molecule has 1 aliphatic rings. The van der Waals surface area contributed by atoms with Crippen LogP contribution in [-0.4, -0.2) is 23.2 Å². The smallest absolute Gasteiger partial charge is 0.320 e. The van der Waals surface area contributed by atoms with E-state index >= 15 is 0 Å². The van der Waals surface area contributed by atoms with E-state index in [-0.39, 0.29) is 0 Å². The molecular formula is C15H21NO2. The van der Waals surface area contributed by atoms with Gasteiger partial charge in [-0.25, -0.2) is 0 Å². The highest BCUT2D eigenvalue weighted by atomic mass is 16.4. The highest BCUT2D eigenvalue weighted by Crippen LogP contribution is 2.28. The molecule has 0 amide bonds. The van der Waals surface area contributed by atoms with Gasteiger partial charge < -0.3 is 10.4 Å². The maximum absolute atomic E-state index is 10.8. The molecule has 1 aliphatic carbocycles. The topological polar surface area (TPSA) is 49.3 Å². The van der Waals surface area contributed by atoms with E-state index in [0.29, 0.717) is 12.0 Å². The predicted molar refractivity (Wildman–Crippen MR) is 71.5 cm³/mol. The molecule has 0 aliphatic heterocycles. The Hall–Kier alpha value is -1.35. The molecule has 0 heterocycles. The lowest BCUT2D eigenvalue weighted by Gasteiger charge is -2.16. The fourth-order valence-corrected chi connectivity index (χ4v) is 2.78. The van der Waals surface area contributed by atoms with E-state index in [4.69, 9.17) is 5.11 Å². The van der Waals surface area contributed by atoms with Crippen molar-refractivity contribution in [2.75, 3.05) is 0 Å². The van der Waals surface area contributed by atoms with Crippen molar-refractivity contribution in [3.63, 3.8) is 0 Å². The number of aliphatic carboxylic acids is 1. The summed E-state index contributed by atoms with van der Waals surface area (Å²) < 4.78 is 0. The molecule has 3 nitrogen and oxygen atoms in total. The molecule has 2 unspecified atom stereocenters. The number of carboxylic acids is 1. The van der Waals surface area contributed by atoms with Crippen molar-refractivity contribution in [2.45, 2.75) is 44.7 Å². The molecule has 3 heteroatoms. The zero-order valence-corrected chi connectivity index (χ0v) is 10.8. The van der Waals surface area contributed by atoms with Gasteiger partial charge in [0.05, 0.1) is 0 Å². The van der Waals surface area contributed by atoms with Crippen molar-refractivity contribution < 1.29 is 9.90 Å². The van der Waals surface area contributed by atoms with Crippen LogP contribution in [-0.2, 0) is 11.2 Å². The van der Waals surface area contributed by atoms with Gasteiger partial charge in [-0.15, -0.1) is 0 Å². The minimum absolute atomic E-state index is 0.366. The van der Waals surface area contributed by atoms with Crippen molar-refractivity contribution >= 4 is 5.97 Å². The quantitative estimate of drug-likeness (QED) is 0.840. The minimum Gasteiger partial charge on any atom is -0.480 e. The van der Waals surface area contributed by atoms with Crippen molar-refractivity contribution in [3.05, 3.63) is 35.9 Å². The van der Waals surface area contributed by atoms with Crippen LogP contribution in [0.1, 0.15) is 31.7 Å². The molecule has 1 aromatic carbocycles. The highest BCUT2D eigenvalue weighted by Gasteiger charge is 2.26. The summed E-state index contributed by atoms with van der Waals surface area (Å²) in [6, 6.07) is 10.5. The number of hydrogen-bond acceptors (Lipinski definition) is 2. The van der Waals surface area contributed by atoms with Gasteiger partial charge in [-0.05, 0) is 44.1 Å². The van der Waals surface area contributed by atoms with Gasteiger partial charge in [0, 0.05) is 6.04 Å². The van der Waals surface area contributed by atoms with Crippen LogP contribution in [0.3, 0.4) is 0 Å². The van der Waals surface area contributed by atoms with Crippen LogP contribution in [0.15, 0.2) is 30.3 Å². The van der Waals surface area contributed by atoms with Gasteiger partial charge in [0.1, 0.15) is 6.04 Å². The van der Waals surface area contributed by atoms with Crippen LogP contribution in [0.2, 0.25) is 0 Å². The number of hydrogen-bond donors (Lipinski definition) is 2. The summed E-state index contributed by atoms with van der Waals surface area (Å²) in [5.41, 5.74) is 1.38. The van der Waals surface area contributed by atoms with E-state index in [1.807, 2.05) is 6.07 Å². The molecule has 1 fully saturated rings. The summed E-state index contributed by atoms with van der Waals surface area (Å²) in [5, 5.41) is 12.1. The van der Waals surface area contributed by atoms with Crippen molar-refractivity contribution in [3.8, 4) is 0 Å². The molecule has 0 aromatic heterocycles. The molecule has 0 spiro atoms. The molecule has 98 valence electrons. The lowest BCUT2D eigenvalue weighted by Crippen LogP contribution is -2.40. The summed E-state index contributed by atoms with van der Waals surface area (Å²) in [5.74, 6) is -0.0765. The lowest BCUT2D eigenvalue weighted by molar-refractivity contribution is -0.139. The van der Waals surface area contributed by atoms with E-state index in [1.54, 1.807) is 6.92 Å². The molecule has 2 N–H and O–H groups in total. The SMILES string of the molecule is C[C@@H](NC1CCC(Cc2ccccc2)C1)C(=O)O. The average Bonchev–Trinajstić information content (AvgIpc) is 2.77. The average molecular weight is 247 g/mol. The Bertz CT molecular complexity index is 391. The van der Waals surface area contributed by atoms with E-state index in [1.165, 1.54) is 12.0 Å². The molecule has 3 atom stereocenters. The summed E-state index contributed by atoms with van der Waals surface area (Å²) in [4.78, 5) is 10.8. The normalized spacial score (nSPS) is 24.9. The van der Waals surface area contributed by atoms with Crippen LogP contribution in [0, 0.1) is 5.92 Å². The second-order valence-corrected chi connectivity index (χ2v) is 5.29. The Morgan fingerprint density at radius 1 is 1.39 bits per heavy atom. The van der Waals surface area contributed by atoms with Gasteiger partial charge in [-0.2, -0.15) is 0 Å². The zero-order chi connectivity index (χ0) is 13.0. The van der Waals surface area contributed by atoms with Crippen LogP contribution in [0.5, 0.6) is 0 Å². The van der Waals surface area contributed by atoms with Crippen molar-refractivity contribution in [1.29, 1.82) is 0 Å². The molecule has 1 saturated carbocycles. The summed E-state index contributed by atoms with van der Waals surface area (Å²) >= 11 is 0. The third kappa shape index (κ3) is 3.57. The Morgan fingerprint density at radius 3 is 2.78 bits per heavy atom. The van der Waals surface area contributed by atoms with Gasteiger partial charge in [-0.3, -0.25) is 4.79 Å². The van der Waals surface area contributed by atoms with Gasteiger partial charge in [0.15, 0.2) is 0 Å². The Balaban J connectivity index is 1.80. The number of carbonyl (C=O) groups is 1. The van der Waals surface area contributed by atoms with Gasteiger partial charge in [0.25, 0.3) is 0 Å². The van der Waals surface area contributed by atoms with E-state index in [9.17, 15) is 4.79 Å². The minimum atomic E-state index is -0.762. The lowest BCUT2D eigenvalue weighted by atomic mass is 9.98. The predicted octanol–water partition coefficient (Wildman–Crippen LogP) is 2.46. The largest absolute Gasteiger partial charge is 0.480 e. The van der Waals surface area contributed by atoms with E-state index in [2.05, 4.69) is 29.6 Å². The summed E-state index contributed by atoms with van der Waals surface area (Å²) in [6.45, 7) is 1.72. The third-order valence-corrected chi connectivity index (χ3v) is 3.76. The zero-order valence-electron chi connectivity index (χ0n) is 10.8. The number of rotatable bonds is 5. The van der Waals surface area contributed by atoms with Crippen LogP contribution in [0.25, 0.3) is 0 Å². The number of carboxylic acid groups (broad SMARTS) is 1. The maximum Gasteiger partial charge on any atom is 0.320 e. The first kappa shape index (κ1) is 13.1. The van der Waals surface area contributed by atoms with E-state index < -0.39 is 12.0 Å². The second kappa shape index (κ2) is 6.01. The molecule has 0 saturated heterocycles. The molecule has 0 bridgehead atoms. The van der Waals surface area contributed by atoms with Crippen LogP contribution in [0.4, 0.5) is 0 Å². The van der Waals surface area contributed by atoms with Crippen molar-refractivity contribution in [1.82, 2.24) is 5.32 Å². The first-order chi connectivity index (χ1) is 8.65. The van der Waals surface area contributed by atoms with Crippen LogP contribution < -0.4 is 5.32 Å². The molecule has 1 aromatic rings. The fourth-order valence-electron chi connectivity index (χ4n) is 2.78. The Morgan fingerprint density at radius 2 is 2.11 bits per heavy atom. The second-order valence-electron chi connectivity index (χ2n) is 5.29. The standard InChI is InChI=1S/C15H21NO2/c1-11(15(17)18)16-14-8-7-13(10-14)9-12-5-3-2-4-6-12/h2-6,11,13-14,16H,7-10H2,1H3,(H,17,18)/t11-,13?,14?/m1/s1. The first-order valence-corrected chi connectivity index (χ1v) is 6.68. The summed E-state index contributed by atoms with van der Waals surface area (Å²) in [6.07, 6.45) is 4.49. The molecule has 0 radical (unpaired) electrons. The van der Waals surface area contributed by atoms with Gasteiger partial charge in [-0.1, -0.05) is 30.3 Å². The Kier molecular flexibility index (Phi) is 4.37. The first-order valence-electron chi connectivity index (χ1n) is 6.68. The molecular weight excluding hydrogens is 226 g/mol. The highest BCUT2D eigenvalue weighted by molar-refractivity contribution is 5.72. The number of benzene rings is 1. The van der Waals surface area contributed by atoms with Gasteiger partial charge in [0.2, 0.25) is 0 Å². The van der Waals surface area contributed by atoms with Crippen LogP contribution >= 0.6 is 0 Å². The van der Waals surface area contributed by atoms with Gasteiger partial charge >= 0.3 is 5.97 Å². The Labute approximate surface area is 108 Å². The summed E-state index contributed by atoms with van der Waals surface area (Å²) in [7, 11) is 0. The number of nitrogens with one attached hydrogen (secondary N) is 1. The monoisotopic (exact) mass is 247 g/mol. The fraction of sp³-hybridized carbons (Fsp3) is 0.533.